The van der Waals surface area contributed by atoms with Crippen molar-refractivity contribution < 1.29 is 9.53 Å². The number of ether oxygens (including phenoxy) is 1. The number of nitrogens with zero attached hydrogens (tertiary/aromatic N) is 2. The number of anilines is 1. The molecule has 1 aliphatic heterocycles. The van der Waals surface area contributed by atoms with E-state index in [2.05, 4.69) is 15.7 Å². The molecule has 2 rings (SSSR count). The Bertz CT molecular complexity index is 410. The molecular weight excluding hydrogens is 232 g/mol. The normalized spacial score (nSPS) is 19.8. The highest BCUT2D eigenvalue weighted by Gasteiger charge is 2.17. The molecule has 2 heterocycles. The summed E-state index contributed by atoms with van der Waals surface area (Å²) in [5.74, 6) is 0.734. The molecule has 1 unspecified atom stereocenters. The van der Waals surface area contributed by atoms with Crippen LogP contribution in [0.1, 0.15) is 19.0 Å². The van der Waals surface area contributed by atoms with E-state index in [0.717, 1.165) is 31.1 Å². The molecule has 100 valence electrons. The average molecular weight is 252 g/mol. The highest BCUT2D eigenvalue weighted by molar-refractivity contribution is 5.90. The molecule has 0 bridgehead atoms. The molecule has 1 atom stereocenters. The predicted molar refractivity (Wildman–Crippen MR) is 68.4 cm³/mol. The van der Waals surface area contributed by atoms with Crippen molar-refractivity contribution in [3.63, 3.8) is 0 Å². The monoisotopic (exact) mass is 252 g/mol. The standard InChI is InChI=1S/C12H20N4O2/c1-3-9-6-11(16(2)15-9)14-12(17)7-10-8-18-5-4-13-10/h6,10,13H,3-5,7-8H2,1-2H3,(H,14,17). The second-order valence-corrected chi connectivity index (χ2v) is 4.48. The van der Waals surface area contributed by atoms with Crippen molar-refractivity contribution >= 4 is 11.7 Å². The summed E-state index contributed by atoms with van der Waals surface area (Å²) in [7, 11) is 1.83. The summed E-state index contributed by atoms with van der Waals surface area (Å²) in [5, 5.41) is 10.4. The molecule has 1 amide bonds. The molecule has 1 saturated heterocycles. The Balaban J connectivity index is 1.87. The lowest BCUT2D eigenvalue weighted by atomic mass is 10.2. The summed E-state index contributed by atoms with van der Waals surface area (Å²) in [5.41, 5.74) is 0.979. The van der Waals surface area contributed by atoms with Gasteiger partial charge in [-0.15, -0.1) is 0 Å². The van der Waals surface area contributed by atoms with Gasteiger partial charge in [-0.25, -0.2) is 0 Å². The number of carbonyl (C=O) groups is 1. The smallest absolute Gasteiger partial charge is 0.227 e. The number of hydrogen-bond acceptors (Lipinski definition) is 4. The van der Waals surface area contributed by atoms with Crippen molar-refractivity contribution in [2.75, 3.05) is 25.1 Å². The quantitative estimate of drug-likeness (QED) is 0.808. The zero-order valence-electron chi connectivity index (χ0n) is 10.9. The minimum Gasteiger partial charge on any atom is -0.378 e. The van der Waals surface area contributed by atoms with Crippen LogP contribution < -0.4 is 10.6 Å². The van der Waals surface area contributed by atoms with E-state index in [4.69, 9.17) is 4.74 Å². The highest BCUT2D eigenvalue weighted by atomic mass is 16.5. The van der Waals surface area contributed by atoms with Crippen molar-refractivity contribution in [2.24, 2.45) is 7.05 Å². The molecule has 1 aromatic rings. The first-order chi connectivity index (χ1) is 8.69. The van der Waals surface area contributed by atoms with Crippen molar-refractivity contribution in [1.29, 1.82) is 0 Å². The Kier molecular flexibility index (Phi) is 4.33. The summed E-state index contributed by atoms with van der Waals surface area (Å²) < 4.78 is 7.01. The Morgan fingerprint density at radius 2 is 2.56 bits per heavy atom. The van der Waals surface area contributed by atoms with Crippen molar-refractivity contribution in [3.8, 4) is 0 Å². The fourth-order valence-corrected chi connectivity index (χ4v) is 1.98. The molecule has 1 aliphatic rings. The van der Waals surface area contributed by atoms with Gasteiger partial charge in [-0.2, -0.15) is 5.10 Å². The molecule has 1 fully saturated rings. The topological polar surface area (TPSA) is 68.2 Å². The lowest BCUT2D eigenvalue weighted by Gasteiger charge is -2.23. The van der Waals surface area contributed by atoms with Gasteiger partial charge >= 0.3 is 0 Å². The molecule has 0 aromatic carbocycles. The van der Waals surface area contributed by atoms with Gasteiger partial charge in [-0.3, -0.25) is 9.48 Å². The predicted octanol–water partition coefficient (Wildman–Crippen LogP) is 0.300. The first-order valence-corrected chi connectivity index (χ1v) is 6.33. The Labute approximate surface area is 107 Å². The van der Waals surface area contributed by atoms with Crippen LogP contribution in [0.15, 0.2) is 6.07 Å². The van der Waals surface area contributed by atoms with Gasteiger partial charge in [0.15, 0.2) is 0 Å². The molecule has 0 aliphatic carbocycles. The van der Waals surface area contributed by atoms with Gasteiger partial charge < -0.3 is 15.4 Å². The third kappa shape index (κ3) is 3.30. The first kappa shape index (κ1) is 13.0. The third-order valence-corrected chi connectivity index (χ3v) is 2.99. The van der Waals surface area contributed by atoms with Crippen molar-refractivity contribution in [3.05, 3.63) is 11.8 Å². The van der Waals surface area contributed by atoms with E-state index >= 15 is 0 Å². The van der Waals surface area contributed by atoms with Crippen LogP contribution >= 0.6 is 0 Å². The van der Waals surface area contributed by atoms with Crippen LogP contribution in [-0.2, 0) is 23.0 Å². The largest absolute Gasteiger partial charge is 0.378 e. The maximum atomic E-state index is 11.9. The van der Waals surface area contributed by atoms with E-state index in [9.17, 15) is 4.79 Å². The van der Waals surface area contributed by atoms with Crippen LogP contribution in [0.4, 0.5) is 5.82 Å². The summed E-state index contributed by atoms with van der Waals surface area (Å²) in [6, 6.07) is 2.01. The van der Waals surface area contributed by atoms with Crippen LogP contribution in [0.5, 0.6) is 0 Å². The molecule has 6 nitrogen and oxygen atoms in total. The fourth-order valence-electron chi connectivity index (χ4n) is 1.98. The van der Waals surface area contributed by atoms with Crippen molar-refractivity contribution in [2.45, 2.75) is 25.8 Å². The molecule has 18 heavy (non-hydrogen) atoms. The first-order valence-electron chi connectivity index (χ1n) is 6.33. The lowest BCUT2D eigenvalue weighted by Crippen LogP contribution is -2.43. The third-order valence-electron chi connectivity index (χ3n) is 2.99. The Hall–Kier alpha value is -1.40. The van der Waals surface area contributed by atoms with E-state index in [0.29, 0.717) is 13.0 Å². The van der Waals surface area contributed by atoms with Gasteiger partial charge in [0.25, 0.3) is 0 Å². The molecule has 1 aromatic heterocycles. The van der Waals surface area contributed by atoms with Crippen LogP contribution in [0.3, 0.4) is 0 Å². The number of aryl methyl sites for hydroxylation is 2. The minimum atomic E-state index is -0.0105. The summed E-state index contributed by atoms with van der Waals surface area (Å²) in [6.45, 7) is 4.17. The molecule has 6 heteroatoms. The summed E-state index contributed by atoms with van der Waals surface area (Å²) >= 11 is 0. The lowest BCUT2D eigenvalue weighted by molar-refractivity contribution is -0.117. The maximum Gasteiger partial charge on any atom is 0.227 e. The van der Waals surface area contributed by atoms with E-state index in [1.165, 1.54) is 0 Å². The number of morpholine rings is 1. The van der Waals surface area contributed by atoms with Crippen LogP contribution in [0.25, 0.3) is 0 Å². The second kappa shape index (κ2) is 5.97. The van der Waals surface area contributed by atoms with Crippen molar-refractivity contribution in [1.82, 2.24) is 15.1 Å². The van der Waals surface area contributed by atoms with E-state index in [-0.39, 0.29) is 11.9 Å². The van der Waals surface area contributed by atoms with Gasteiger partial charge in [0, 0.05) is 32.1 Å². The number of amides is 1. The van der Waals surface area contributed by atoms with Gasteiger partial charge in [0.1, 0.15) is 5.82 Å². The fraction of sp³-hybridized carbons (Fsp3) is 0.667. The summed E-state index contributed by atoms with van der Waals surface area (Å²) in [6.07, 6.45) is 1.29. The number of hydrogen-bond donors (Lipinski definition) is 2. The van der Waals surface area contributed by atoms with E-state index < -0.39 is 0 Å². The SMILES string of the molecule is CCc1cc(NC(=O)CC2COCCN2)n(C)n1. The van der Waals surface area contributed by atoms with Crippen LogP contribution in [0, 0.1) is 0 Å². The minimum absolute atomic E-state index is 0.0105. The maximum absolute atomic E-state index is 11.9. The number of aromatic nitrogens is 2. The van der Waals surface area contributed by atoms with Gasteiger partial charge in [-0.05, 0) is 6.42 Å². The Morgan fingerprint density at radius 3 is 3.17 bits per heavy atom. The number of nitrogens with one attached hydrogen (secondary N) is 2. The average Bonchev–Trinajstić information content (AvgIpc) is 2.71. The van der Waals surface area contributed by atoms with E-state index in [1.54, 1.807) is 4.68 Å². The Morgan fingerprint density at radius 1 is 1.72 bits per heavy atom. The molecule has 0 spiro atoms. The second-order valence-electron chi connectivity index (χ2n) is 4.48. The molecule has 2 N–H and O–H groups in total. The molecular formula is C12H20N4O2. The highest BCUT2D eigenvalue weighted by Crippen LogP contribution is 2.10. The van der Waals surface area contributed by atoms with Crippen LogP contribution in [0.2, 0.25) is 0 Å². The van der Waals surface area contributed by atoms with E-state index in [1.807, 2.05) is 20.0 Å². The zero-order valence-corrected chi connectivity index (χ0v) is 10.9. The number of carbonyl (C=O) groups excluding carboxylic acids is 1. The zero-order chi connectivity index (χ0) is 13.0. The van der Waals surface area contributed by atoms with Gasteiger partial charge in [0.05, 0.1) is 18.9 Å². The summed E-state index contributed by atoms with van der Waals surface area (Å²) in [4.78, 5) is 11.9. The van der Waals surface area contributed by atoms with Crippen LogP contribution in [-0.4, -0.2) is 41.5 Å². The van der Waals surface area contributed by atoms with Gasteiger partial charge in [0.2, 0.25) is 5.91 Å². The number of rotatable bonds is 4. The molecule has 0 radical (unpaired) electrons. The van der Waals surface area contributed by atoms with Gasteiger partial charge in [-0.1, -0.05) is 6.92 Å². The molecule has 0 saturated carbocycles.